The first kappa shape index (κ1) is 11.4. The minimum absolute atomic E-state index is 0.604. The summed E-state index contributed by atoms with van der Waals surface area (Å²) in [6.45, 7) is 0.673. The van der Waals surface area contributed by atoms with Crippen LogP contribution in [0.2, 0.25) is 0 Å². The highest BCUT2D eigenvalue weighted by Gasteiger charge is 2.50. The maximum Gasteiger partial charge on any atom is 0.0798 e. The Kier molecular flexibility index (Phi) is 2.56. The Labute approximate surface area is 113 Å². The zero-order valence-electron chi connectivity index (χ0n) is 10.9. The lowest BCUT2D eigenvalue weighted by Crippen LogP contribution is -2.47. The lowest BCUT2D eigenvalue weighted by atomic mass is 9.48. The molecule has 0 radical (unpaired) electrons. The second-order valence-electron chi connectivity index (χ2n) is 7.02. The van der Waals surface area contributed by atoms with E-state index in [1.165, 1.54) is 55.5 Å². The SMILES string of the molecule is NCc1scnc1CC12CC3CC(CC(C3)C1)C2. The summed E-state index contributed by atoms with van der Waals surface area (Å²) < 4.78 is 0. The molecule has 4 saturated carbocycles. The highest BCUT2D eigenvalue weighted by molar-refractivity contribution is 7.09. The lowest BCUT2D eigenvalue weighted by molar-refractivity contribution is -0.0526. The fraction of sp³-hybridized carbons (Fsp3) is 0.800. The van der Waals surface area contributed by atoms with Crippen LogP contribution in [0.5, 0.6) is 0 Å². The molecule has 0 saturated heterocycles. The maximum atomic E-state index is 5.83. The number of thiazole rings is 1. The largest absolute Gasteiger partial charge is 0.326 e. The molecule has 2 N–H and O–H groups in total. The molecule has 1 aromatic heterocycles. The van der Waals surface area contributed by atoms with Crippen molar-refractivity contribution in [2.75, 3.05) is 0 Å². The Hall–Kier alpha value is -0.410. The van der Waals surface area contributed by atoms with Gasteiger partial charge in [0.15, 0.2) is 0 Å². The second-order valence-corrected chi connectivity index (χ2v) is 7.96. The monoisotopic (exact) mass is 262 g/mol. The summed E-state index contributed by atoms with van der Waals surface area (Å²) in [5, 5.41) is 0. The van der Waals surface area contributed by atoms with Crippen LogP contribution >= 0.6 is 11.3 Å². The van der Waals surface area contributed by atoms with Crippen molar-refractivity contribution in [2.24, 2.45) is 28.9 Å². The third-order valence-electron chi connectivity index (χ3n) is 5.62. The van der Waals surface area contributed by atoms with Gasteiger partial charge in [0, 0.05) is 11.4 Å². The van der Waals surface area contributed by atoms with Gasteiger partial charge in [0.25, 0.3) is 0 Å². The molecule has 3 heteroatoms. The van der Waals surface area contributed by atoms with Gasteiger partial charge >= 0.3 is 0 Å². The number of rotatable bonds is 3. The Bertz CT molecular complexity index is 416. The van der Waals surface area contributed by atoms with Crippen molar-refractivity contribution in [1.29, 1.82) is 0 Å². The predicted octanol–water partition coefficient (Wildman–Crippen LogP) is 3.36. The van der Waals surface area contributed by atoms with Crippen molar-refractivity contribution < 1.29 is 0 Å². The highest BCUT2D eigenvalue weighted by Crippen LogP contribution is 2.61. The third kappa shape index (κ3) is 1.75. The molecule has 18 heavy (non-hydrogen) atoms. The molecule has 4 aliphatic carbocycles. The first-order chi connectivity index (χ1) is 8.76. The summed E-state index contributed by atoms with van der Waals surface area (Å²) in [7, 11) is 0. The van der Waals surface area contributed by atoms with Gasteiger partial charge in [-0.15, -0.1) is 11.3 Å². The first-order valence-electron chi connectivity index (χ1n) is 7.38. The predicted molar refractivity (Wildman–Crippen MR) is 74.3 cm³/mol. The van der Waals surface area contributed by atoms with Gasteiger partial charge in [-0.25, -0.2) is 4.98 Å². The van der Waals surface area contributed by atoms with Crippen LogP contribution < -0.4 is 5.73 Å². The normalized spacial score (nSPS) is 41.5. The smallest absolute Gasteiger partial charge is 0.0798 e. The van der Waals surface area contributed by atoms with Gasteiger partial charge in [-0.1, -0.05) is 0 Å². The minimum Gasteiger partial charge on any atom is -0.326 e. The Balaban J connectivity index is 1.61. The van der Waals surface area contributed by atoms with E-state index in [1.807, 2.05) is 5.51 Å². The van der Waals surface area contributed by atoms with E-state index < -0.39 is 0 Å². The Morgan fingerprint density at radius 3 is 2.33 bits per heavy atom. The molecule has 1 aromatic rings. The zero-order chi connectivity index (χ0) is 12.2. The molecule has 0 atom stereocenters. The molecule has 1 heterocycles. The van der Waals surface area contributed by atoms with Gasteiger partial charge in [-0.2, -0.15) is 0 Å². The van der Waals surface area contributed by atoms with Gasteiger partial charge < -0.3 is 5.73 Å². The van der Waals surface area contributed by atoms with Gasteiger partial charge in [0.2, 0.25) is 0 Å². The van der Waals surface area contributed by atoms with E-state index in [9.17, 15) is 0 Å². The summed E-state index contributed by atoms with van der Waals surface area (Å²) in [5.41, 5.74) is 9.74. The van der Waals surface area contributed by atoms with Crippen LogP contribution in [-0.2, 0) is 13.0 Å². The van der Waals surface area contributed by atoms with E-state index in [-0.39, 0.29) is 0 Å². The van der Waals surface area contributed by atoms with Gasteiger partial charge in [-0.05, 0) is 68.1 Å². The molecule has 2 nitrogen and oxygen atoms in total. The molecule has 5 rings (SSSR count). The van der Waals surface area contributed by atoms with Gasteiger partial charge in [-0.3, -0.25) is 0 Å². The van der Waals surface area contributed by atoms with Crippen molar-refractivity contribution in [3.63, 3.8) is 0 Å². The van der Waals surface area contributed by atoms with E-state index in [0.29, 0.717) is 12.0 Å². The van der Waals surface area contributed by atoms with E-state index in [2.05, 4.69) is 4.98 Å². The van der Waals surface area contributed by atoms with E-state index in [1.54, 1.807) is 11.3 Å². The fourth-order valence-electron chi connectivity index (χ4n) is 5.47. The maximum absolute atomic E-state index is 5.83. The number of nitrogens with zero attached hydrogens (tertiary/aromatic N) is 1. The molecule has 0 amide bonds. The van der Waals surface area contributed by atoms with Gasteiger partial charge in [0.05, 0.1) is 11.2 Å². The highest BCUT2D eigenvalue weighted by atomic mass is 32.1. The van der Waals surface area contributed by atoms with Crippen molar-refractivity contribution in [1.82, 2.24) is 4.98 Å². The first-order valence-corrected chi connectivity index (χ1v) is 8.26. The van der Waals surface area contributed by atoms with Crippen LogP contribution in [0, 0.1) is 23.2 Å². The second kappa shape index (κ2) is 4.04. The third-order valence-corrected chi connectivity index (χ3v) is 6.52. The van der Waals surface area contributed by atoms with Gasteiger partial charge in [0.1, 0.15) is 0 Å². The summed E-state index contributed by atoms with van der Waals surface area (Å²) in [6, 6.07) is 0. The van der Waals surface area contributed by atoms with Crippen molar-refractivity contribution >= 4 is 11.3 Å². The molecular formula is C15H22N2S. The number of aromatic nitrogens is 1. The van der Waals surface area contributed by atoms with Crippen LogP contribution in [0.1, 0.15) is 49.1 Å². The summed E-state index contributed by atoms with van der Waals surface area (Å²) >= 11 is 1.74. The van der Waals surface area contributed by atoms with E-state index in [4.69, 9.17) is 5.73 Å². The van der Waals surface area contributed by atoms with Crippen molar-refractivity contribution in [2.45, 2.75) is 51.5 Å². The van der Waals surface area contributed by atoms with E-state index >= 15 is 0 Å². The summed E-state index contributed by atoms with van der Waals surface area (Å²) in [6.07, 6.45) is 10.2. The topological polar surface area (TPSA) is 38.9 Å². The van der Waals surface area contributed by atoms with Crippen LogP contribution in [0.3, 0.4) is 0 Å². The molecule has 4 bridgehead atoms. The Morgan fingerprint density at radius 1 is 1.17 bits per heavy atom. The average Bonchev–Trinajstić information content (AvgIpc) is 2.73. The van der Waals surface area contributed by atoms with Crippen molar-refractivity contribution in [3.05, 3.63) is 16.1 Å². The average molecular weight is 262 g/mol. The molecule has 0 unspecified atom stereocenters. The molecule has 98 valence electrons. The minimum atomic E-state index is 0.604. The van der Waals surface area contributed by atoms with Crippen LogP contribution in [-0.4, -0.2) is 4.98 Å². The molecule has 4 aliphatic rings. The van der Waals surface area contributed by atoms with Crippen LogP contribution in [0.25, 0.3) is 0 Å². The van der Waals surface area contributed by atoms with Crippen LogP contribution in [0.4, 0.5) is 0 Å². The molecule has 0 aliphatic heterocycles. The molecule has 4 fully saturated rings. The summed E-state index contributed by atoms with van der Waals surface area (Å²) in [5.74, 6) is 3.11. The van der Waals surface area contributed by atoms with E-state index in [0.717, 1.165) is 17.8 Å². The molecule has 0 spiro atoms. The van der Waals surface area contributed by atoms with Crippen molar-refractivity contribution in [3.8, 4) is 0 Å². The number of hydrogen-bond donors (Lipinski definition) is 1. The zero-order valence-corrected chi connectivity index (χ0v) is 11.7. The quantitative estimate of drug-likeness (QED) is 0.907. The lowest BCUT2D eigenvalue weighted by Gasteiger charge is -2.57. The summed E-state index contributed by atoms with van der Waals surface area (Å²) in [4.78, 5) is 5.93. The Morgan fingerprint density at radius 2 is 1.78 bits per heavy atom. The number of nitrogens with two attached hydrogens (primary N) is 1. The fourth-order valence-corrected chi connectivity index (χ4v) is 6.13. The number of hydrogen-bond acceptors (Lipinski definition) is 3. The van der Waals surface area contributed by atoms with Crippen LogP contribution in [0.15, 0.2) is 5.51 Å². The molecule has 0 aromatic carbocycles. The standard InChI is InChI=1S/C15H22N2S/c16-8-14-13(17-9-18-14)7-15-4-10-1-11(5-15)3-12(2-10)6-15/h9-12H,1-8,16H2. The molecular weight excluding hydrogens is 240 g/mol.